The van der Waals surface area contributed by atoms with Crippen molar-refractivity contribution in [2.75, 3.05) is 13.1 Å². The summed E-state index contributed by atoms with van der Waals surface area (Å²) in [4.78, 5) is 11.1. The highest BCUT2D eigenvalue weighted by Gasteiger charge is 2.44. The van der Waals surface area contributed by atoms with Crippen molar-refractivity contribution < 1.29 is 31.5 Å². The topological polar surface area (TPSA) is 77.9 Å². The number of nitrogens with zero attached hydrogens (tertiary/aromatic N) is 2. The second kappa shape index (κ2) is 6.49. The van der Waals surface area contributed by atoms with Crippen LogP contribution in [0.2, 0.25) is 0 Å². The van der Waals surface area contributed by atoms with E-state index in [0.29, 0.717) is 21.5 Å². The summed E-state index contributed by atoms with van der Waals surface area (Å²) in [6.45, 7) is 0.933. The first-order chi connectivity index (χ1) is 9.47. The van der Waals surface area contributed by atoms with Gasteiger partial charge in [0.15, 0.2) is 0 Å². The number of piperidine rings is 1. The van der Waals surface area contributed by atoms with Crippen molar-refractivity contribution in [2.45, 2.75) is 51.4 Å². The van der Waals surface area contributed by atoms with Gasteiger partial charge in [0.05, 0.1) is 0 Å². The second-order valence-corrected chi connectivity index (χ2v) is 7.06. The molecule has 0 radical (unpaired) electrons. The molecule has 10 heteroatoms. The molecule has 0 saturated carbocycles. The van der Waals surface area contributed by atoms with Gasteiger partial charge in [0.25, 0.3) is 10.2 Å². The van der Waals surface area contributed by atoms with Crippen molar-refractivity contribution in [1.82, 2.24) is 8.61 Å². The Kier molecular flexibility index (Phi) is 5.62. The van der Waals surface area contributed by atoms with Gasteiger partial charge in [-0.25, -0.2) is 0 Å². The molecule has 1 unspecified atom stereocenters. The van der Waals surface area contributed by atoms with Gasteiger partial charge >= 0.3 is 12.1 Å². The smallest absolute Gasteiger partial charge is 0.402 e. The number of alkyl halides is 3. The molecule has 0 aromatic rings. The third-order valence-corrected chi connectivity index (χ3v) is 5.42. The Bertz CT molecular complexity index is 478. The molecule has 0 aromatic heterocycles. The zero-order valence-corrected chi connectivity index (χ0v) is 12.6. The molecule has 21 heavy (non-hydrogen) atoms. The SMILES string of the molecule is CC(C)N(CC(F)(F)F)S(=O)(=O)N1CCCCC1C(=O)O. The van der Waals surface area contributed by atoms with Crippen molar-refractivity contribution >= 4 is 16.2 Å². The number of aliphatic carboxylic acids is 1. The zero-order valence-electron chi connectivity index (χ0n) is 11.8. The number of carbonyl (C=O) groups is 1. The van der Waals surface area contributed by atoms with Crippen molar-refractivity contribution in [3.05, 3.63) is 0 Å². The largest absolute Gasteiger partial charge is 0.480 e. The fraction of sp³-hybridized carbons (Fsp3) is 0.909. The van der Waals surface area contributed by atoms with Crippen molar-refractivity contribution in [3.63, 3.8) is 0 Å². The lowest BCUT2D eigenvalue weighted by molar-refractivity contribution is -0.143. The van der Waals surface area contributed by atoms with Gasteiger partial charge in [-0.1, -0.05) is 0 Å². The summed E-state index contributed by atoms with van der Waals surface area (Å²) in [7, 11) is -4.48. The minimum atomic E-state index is -4.69. The fourth-order valence-corrected chi connectivity index (χ4v) is 4.26. The van der Waals surface area contributed by atoms with Crippen LogP contribution in [0.4, 0.5) is 13.2 Å². The molecule has 1 heterocycles. The molecule has 0 aromatic carbocycles. The van der Waals surface area contributed by atoms with Crippen LogP contribution in [0.5, 0.6) is 0 Å². The molecule has 1 aliphatic rings. The molecule has 1 rings (SSSR count). The Labute approximate surface area is 121 Å². The molecule has 0 amide bonds. The summed E-state index contributed by atoms with van der Waals surface area (Å²) in [6, 6.07) is -2.23. The molecule has 124 valence electrons. The molecule has 0 bridgehead atoms. The molecule has 1 atom stereocenters. The Hall–Kier alpha value is -0.870. The minimum absolute atomic E-state index is 0.0830. The quantitative estimate of drug-likeness (QED) is 0.826. The van der Waals surface area contributed by atoms with Gasteiger partial charge in [0, 0.05) is 12.6 Å². The minimum Gasteiger partial charge on any atom is -0.480 e. The fourth-order valence-electron chi connectivity index (χ4n) is 2.27. The normalized spacial score (nSPS) is 22.0. The predicted molar refractivity (Wildman–Crippen MR) is 68.8 cm³/mol. The van der Waals surface area contributed by atoms with Gasteiger partial charge in [-0.15, -0.1) is 0 Å². The summed E-state index contributed by atoms with van der Waals surface area (Å²) in [5.41, 5.74) is 0. The van der Waals surface area contributed by atoms with E-state index in [2.05, 4.69) is 0 Å². The average Bonchev–Trinajstić information content (AvgIpc) is 2.34. The third kappa shape index (κ3) is 4.55. The number of carboxylic acid groups (broad SMARTS) is 1. The van der Waals surface area contributed by atoms with E-state index in [1.807, 2.05) is 0 Å². The first-order valence-corrected chi connectivity index (χ1v) is 7.94. The number of rotatable bonds is 5. The van der Waals surface area contributed by atoms with Crippen LogP contribution >= 0.6 is 0 Å². The number of halogens is 3. The summed E-state index contributed by atoms with van der Waals surface area (Å²) in [6.07, 6.45) is -3.62. The maximum absolute atomic E-state index is 12.6. The Balaban J connectivity index is 3.12. The molecule has 1 saturated heterocycles. The van der Waals surface area contributed by atoms with E-state index in [1.54, 1.807) is 0 Å². The van der Waals surface area contributed by atoms with Gasteiger partial charge in [-0.2, -0.15) is 30.2 Å². The molecule has 1 fully saturated rings. The molecule has 0 aliphatic carbocycles. The van der Waals surface area contributed by atoms with Gasteiger partial charge in [0.1, 0.15) is 12.6 Å². The summed E-state index contributed by atoms with van der Waals surface area (Å²) in [5, 5.41) is 9.08. The number of carboxylic acids is 1. The van der Waals surface area contributed by atoms with Crippen LogP contribution in [-0.4, -0.2) is 59.5 Å². The van der Waals surface area contributed by atoms with Crippen LogP contribution in [0.25, 0.3) is 0 Å². The Morgan fingerprint density at radius 2 is 1.95 bits per heavy atom. The summed E-state index contributed by atoms with van der Waals surface area (Å²) in [5.74, 6) is -1.34. The van der Waals surface area contributed by atoms with E-state index in [-0.39, 0.29) is 13.0 Å². The molecular weight excluding hydrogens is 313 g/mol. The second-order valence-electron chi connectivity index (χ2n) is 5.22. The monoisotopic (exact) mass is 332 g/mol. The van der Waals surface area contributed by atoms with Crippen molar-refractivity contribution in [2.24, 2.45) is 0 Å². The van der Waals surface area contributed by atoms with E-state index in [0.717, 1.165) is 0 Å². The highest BCUT2D eigenvalue weighted by atomic mass is 32.2. The molecule has 1 N–H and O–H groups in total. The molecular formula is C11H19F3N2O4S. The molecule has 1 aliphatic heterocycles. The van der Waals surface area contributed by atoms with Crippen LogP contribution in [-0.2, 0) is 15.0 Å². The van der Waals surface area contributed by atoms with Crippen LogP contribution in [0.1, 0.15) is 33.1 Å². The van der Waals surface area contributed by atoms with Gasteiger partial charge in [-0.05, 0) is 33.1 Å². The van der Waals surface area contributed by atoms with Gasteiger partial charge in [-0.3, -0.25) is 4.79 Å². The number of hydrogen-bond donors (Lipinski definition) is 1. The van der Waals surface area contributed by atoms with E-state index in [1.165, 1.54) is 13.8 Å². The lowest BCUT2D eigenvalue weighted by atomic mass is 10.1. The predicted octanol–water partition coefficient (Wildman–Crippen LogP) is 1.44. The highest BCUT2D eigenvalue weighted by molar-refractivity contribution is 7.86. The van der Waals surface area contributed by atoms with Crippen LogP contribution in [0.15, 0.2) is 0 Å². The molecule has 6 nitrogen and oxygen atoms in total. The van der Waals surface area contributed by atoms with Gasteiger partial charge in [0.2, 0.25) is 0 Å². The van der Waals surface area contributed by atoms with E-state index in [9.17, 15) is 26.4 Å². The average molecular weight is 332 g/mol. The molecule has 0 spiro atoms. The first-order valence-electron chi connectivity index (χ1n) is 6.55. The van der Waals surface area contributed by atoms with Gasteiger partial charge < -0.3 is 5.11 Å². The highest BCUT2D eigenvalue weighted by Crippen LogP contribution is 2.27. The standard InChI is InChI=1S/C11H19F3N2O4S/c1-8(2)16(7-11(12,13)14)21(19,20)15-6-4-3-5-9(15)10(17)18/h8-9H,3-7H2,1-2H3,(H,17,18). The van der Waals surface area contributed by atoms with E-state index >= 15 is 0 Å². The lowest BCUT2D eigenvalue weighted by Crippen LogP contribution is -2.56. The third-order valence-electron chi connectivity index (χ3n) is 3.24. The van der Waals surface area contributed by atoms with Crippen LogP contribution in [0, 0.1) is 0 Å². The summed E-state index contributed by atoms with van der Waals surface area (Å²) >= 11 is 0. The van der Waals surface area contributed by atoms with Crippen LogP contribution in [0.3, 0.4) is 0 Å². The Morgan fingerprint density at radius 1 is 1.38 bits per heavy atom. The number of hydrogen-bond acceptors (Lipinski definition) is 3. The Morgan fingerprint density at radius 3 is 2.38 bits per heavy atom. The van der Waals surface area contributed by atoms with Crippen LogP contribution < -0.4 is 0 Å². The van der Waals surface area contributed by atoms with Crippen molar-refractivity contribution in [1.29, 1.82) is 0 Å². The van der Waals surface area contributed by atoms with E-state index < -0.39 is 41.0 Å². The zero-order chi connectivity index (χ0) is 16.4. The summed E-state index contributed by atoms with van der Waals surface area (Å²) < 4.78 is 63.5. The van der Waals surface area contributed by atoms with E-state index in [4.69, 9.17) is 5.11 Å². The maximum Gasteiger partial charge on any atom is 0.402 e. The maximum atomic E-state index is 12.6. The first kappa shape index (κ1) is 18.2. The lowest BCUT2D eigenvalue weighted by Gasteiger charge is -2.37. The van der Waals surface area contributed by atoms with Crippen molar-refractivity contribution in [3.8, 4) is 0 Å².